The van der Waals surface area contributed by atoms with E-state index in [4.69, 9.17) is 14.6 Å². The Labute approximate surface area is 120 Å². The predicted molar refractivity (Wildman–Crippen MR) is 72.7 cm³/mol. The van der Waals surface area contributed by atoms with Crippen molar-refractivity contribution in [3.8, 4) is 5.88 Å². The molecule has 114 valence electrons. The third kappa shape index (κ3) is 2.61. The van der Waals surface area contributed by atoms with Crippen molar-refractivity contribution in [3.63, 3.8) is 0 Å². The van der Waals surface area contributed by atoms with Crippen LogP contribution in [0.25, 0.3) is 10.9 Å². The highest BCUT2D eigenvalue weighted by atomic mass is 16.7. The van der Waals surface area contributed by atoms with Gasteiger partial charge in [0, 0.05) is 17.0 Å². The number of hydrogen-bond donors (Lipinski definition) is 5. The largest absolute Gasteiger partial charge is 0.447 e. The number of hydrogen-bond acceptors (Lipinski definition) is 6. The zero-order chi connectivity index (χ0) is 15.0. The van der Waals surface area contributed by atoms with Crippen molar-refractivity contribution in [1.29, 1.82) is 0 Å². The Morgan fingerprint density at radius 2 is 1.86 bits per heavy atom. The number of para-hydroxylation sites is 1. The summed E-state index contributed by atoms with van der Waals surface area (Å²) >= 11 is 0. The summed E-state index contributed by atoms with van der Waals surface area (Å²) in [4.78, 5) is 3.00. The average Bonchev–Trinajstić information content (AvgIpc) is 2.90. The van der Waals surface area contributed by atoms with Crippen LogP contribution in [0.5, 0.6) is 5.88 Å². The van der Waals surface area contributed by atoms with E-state index in [1.165, 1.54) is 0 Å². The first-order valence-corrected chi connectivity index (χ1v) is 6.65. The maximum Gasteiger partial charge on any atom is 0.230 e. The maximum absolute atomic E-state index is 9.90. The lowest BCUT2D eigenvalue weighted by molar-refractivity contribution is -0.278. The minimum atomic E-state index is -1.45. The molecule has 1 fully saturated rings. The normalized spacial score (nSPS) is 33.2. The Balaban J connectivity index is 1.79. The molecule has 5 atom stereocenters. The van der Waals surface area contributed by atoms with E-state index in [9.17, 15) is 15.3 Å². The first-order valence-electron chi connectivity index (χ1n) is 6.65. The molecule has 0 spiro atoms. The molecule has 7 nitrogen and oxygen atoms in total. The summed E-state index contributed by atoms with van der Waals surface area (Å²) in [7, 11) is 0. The number of aliphatic hydroxyl groups is 4. The van der Waals surface area contributed by atoms with Crippen molar-refractivity contribution in [2.75, 3.05) is 6.61 Å². The molecular formula is C14H17NO6. The second-order valence-corrected chi connectivity index (χ2v) is 5.04. The first kappa shape index (κ1) is 14.3. The van der Waals surface area contributed by atoms with Gasteiger partial charge in [-0.2, -0.15) is 0 Å². The molecule has 0 amide bonds. The van der Waals surface area contributed by atoms with E-state index in [1.54, 1.807) is 6.07 Å². The zero-order valence-corrected chi connectivity index (χ0v) is 11.1. The lowest BCUT2D eigenvalue weighted by atomic mass is 9.99. The fourth-order valence-electron chi connectivity index (χ4n) is 2.40. The highest BCUT2D eigenvalue weighted by Gasteiger charge is 2.44. The van der Waals surface area contributed by atoms with Crippen molar-refractivity contribution in [3.05, 3.63) is 30.3 Å². The van der Waals surface area contributed by atoms with Crippen LogP contribution in [0.3, 0.4) is 0 Å². The van der Waals surface area contributed by atoms with E-state index in [0.717, 1.165) is 10.9 Å². The van der Waals surface area contributed by atoms with Gasteiger partial charge in [0.1, 0.15) is 24.4 Å². The van der Waals surface area contributed by atoms with Crippen molar-refractivity contribution in [1.82, 2.24) is 4.98 Å². The minimum absolute atomic E-state index is 0.362. The zero-order valence-electron chi connectivity index (χ0n) is 11.1. The molecule has 2 heterocycles. The summed E-state index contributed by atoms with van der Waals surface area (Å²) < 4.78 is 10.8. The number of fused-ring (bicyclic) bond motifs is 1. The Kier molecular flexibility index (Phi) is 3.83. The molecule has 1 aliphatic rings. The van der Waals surface area contributed by atoms with Gasteiger partial charge < -0.3 is 34.9 Å². The molecule has 1 aromatic carbocycles. The molecule has 0 bridgehead atoms. The fraction of sp³-hybridized carbons (Fsp3) is 0.429. The quantitative estimate of drug-likeness (QED) is 0.514. The van der Waals surface area contributed by atoms with Crippen LogP contribution in [0.4, 0.5) is 0 Å². The monoisotopic (exact) mass is 295 g/mol. The second kappa shape index (κ2) is 5.63. The lowest BCUT2D eigenvalue weighted by Gasteiger charge is -2.39. The van der Waals surface area contributed by atoms with Crippen LogP contribution < -0.4 is 4.74 Å². The summed E-state index contributed by atoms with van der Waals surface area (Å²) in [5.41, 5.74) is 0.858. The van der Waals surface area contributed by atoms with Gasteiger partial charge in [-0.05, 0) is 6.07 Å². The van der Waals surface area contributed by atoms with Gasteiger partial charge in [0.25, 0.3) is 0 Å². The third-order valence-corrected chi connectivity index (χ3v) is 3.60. The molecule has 5 N–H and O–H groups in total. The summed E-state index contributed by atoms with van der Waals surface area (Å²) in [6.07, 6.45) is -6.45. The number of nitrogens with one attached hydrogen (secondary N) is 1. The molecule has 0 radical (unpaired) electrons. The Bertz CT molecular complexity index is 579. The van der Waals surface area contributed by atoms with Crippen LogP contribution in [-0.4, -0.2) is 62.7 Å². The summed E-state index contributed by atoms with van der Waals surface area (Å²) in [6.45, 7) is -0.489. The van der Waals surface area contributed by atoms with E-state index >= 15 is 0 Å². The van der Waals surface area contributed by atoms with Crippen molar-refractivity contribution in [2.24, 2.45) is 0 Å². The van der Waals surface area contributed by atoms with Gasteiger partial charge in [0.15, 0.2) is 5.88 Å². The summed E-state index contributed by atoms with van der Waals surface area (Å²) in [5.74, 6) is 0.362. The van der Waals surface area contributed by atoms with Gasteiger partial charge >= 0.3 is 0 Å². The third-order valence-electron chi connectivity index (χ3n) is 3.60. The SMILES string of the molecule is OC[C@H]1O[C@@H](Oc2cc3ccccc3[nH]2)[C@H](O)[C@@H](O)[C@@H]1O. The van der Waals surface area contributed by atoms with Crippen LogP contribution in [0, 0.1) is 0 Å². The van der Waals surface area contributed by atoms with Gasteiger partial charge in [0.2, 0.25) is 6.29 Å². The number of aromatic nitrogens is 1. The van der Waals surface area contributed by atoms with Crippen molar-refractivity contribution < 1.29 is 29.9 Å². The van der Waals surface area contributed by atoms with Gasteiger partial charge in [0.05, 0.1) is 6.61 Å². The predicted octanol–water partition coefficient (Wildman–Crippen LogP) is -0.653. The molecule has 1 aromatic heterocycles. The number of ether oxygens (including phenoxy) is 2. The highest BCUT2D eigenvalue weighted by molar-refractivity contribution is 5.81. The van der Waals surface area contributed by atoms with Crippen LogP contribution >= 0.6 is 0 Å². The number of aliphatic hydroxyl groups excluding tert-OH is 4. The standard InChI is InChI=1S/C14H17NO6/c16-6-9-11(17)12(18)13(19)14(20-9)21-10-5-7-3-1-2-4-8(7)15-10/h1-5,9,11-19H,6H2/t9-,11-,12+,13-,14+/m1/s1. The lowest BCUT2D eigenvalue weighted by Crippen LogP contribution is -2.60. The van der Waals surface area contributed by atoms with E-state index in [2.05, 4.69) is 4.98 Å². The number of rotatable bonds is 3. The number of H-pyrrole nitrogens is 1. The van der Waals surface area contributed by atoms with E-state index in [-0.39, 0.29) is 0 Å². The second-order valence-electron chi connectivity index (χ2n) is 5.04. The van der Waals surface area contributed by atoms with E-state index in [0.29, 0.717) is 5.88 Å². The topological polar surface area (TPSA) is 115 Å². The molecule has 21 heavy (non-hydrogen) atoms. The maximum atomic E-state index is 9.90. The molecule has 7 heteroatoms. The van der Waals surface area contributed by atoms with Gasteiger partial charge in [-0.3, -0.25) is 0 Å². The van der Waals surface area contributed by atoms with Crippen LogP contribution in [0.2, 0.25) is 0 Å². The van der Waals surface area contributed by atoms with Crippen LogP contribution in [0.15, 0.2) is 30.3 Å². The van der Waals surface area contributed by atoms with Gasteiger partial charge in [-0.1, -0.05) is 18.2 Å². The molecule has 2 aromatic rings. The van der Waals surface area contributed by atoms with Crippen molar-refractivity contribution >= 4 is 10.9 Å². The van der Waals surface area contributed by atoms with E-state index < -0.39 is 37.3 Å². The summed E-state index contributed by atoms with van der Waals surface area (Å²) in [6, 6.07) is 9.25. The summed E-state index contributed by atoms with van der Waals surface area (Å²) in [5, 5.41) is 39.4. The number of aromatic amines is 1. The van der Waals surface area contributed by atoms with Gasteiger partial charge in [-0.25, -0.2) is 0 Å². The molecule has 0 saturated carbocycles. The molecule has 0 unspecified atom stereocenters. The Hall–Kier alpha value is -1.64. The highest BCUT2D eigenvalue weighted by Crippen LogP contribution is 2.26. The van der Waals surface area contributed by atoms with Crippen molar-refractivity contribution in [2.45, 2.75) is 30.7 Å². The smallest absolute Gasteiger partial charge is 0.230 e. The first-order chi connectivity index (χ1) is 10.1. The molecule has 1 saturated heterocycles. The Morgan fingerprint density at radius 3 is 2.57 bits per heavy atom. The Morgan fingerprint density at radius 1 is 1.10 bits per heavy atom. The fourth-order valence-corrected chi connectivity index (χ4v) is 2.40. The molecular weight excluding hydrogens is 278 g/mol. The van der Waals surface area contributed by atoms with Gasteiger partial charge in [-0.15, -0.1) is 0 Å². The van der Waals surface area contributed by atoms with E-state index in [1.807, 2.05) is 24.3 Å². The van der Waals surface area contributed by atoms with Crippen LogP contribution in [-0.2, 0) is 4.74 Å². The molecule has 1 aliphatic heterocycles. The minimum Gasteiger partial charge on any atom is -0.447 e. The average molecular weight is 295 g/mol. The molecule has 0 aliphatic carbocycles. The van der Waals surface area contributed by atoms with Crippen LogP contribution in [0.1, 0.15) is 0 Å². The number of benzene rings is 1. The molecule has 3 rings (SSSR count).